The molecule has 2 unspecified atom stereocenters. The minimum atomic E-state index is -0.322. The zero-order chi connectivity index (χ0) is 37.9. The van der Waals surface area contributed by atoms with Crippen LogP contribution in [0.2, 0.25) is 0 Å². The minimum absolute atomic E-state index is 0.309. The Balaban J connectivity index is 1.30. The normalized spacial score (nSPS) is 15.4. The van der Waals surface area contributed by atoms with E-state index < -0.39 is 0 Å². The van der Waals surface area contributed by atoms with Crippen LogP contribution in [0.5, 0.6) is 0 Å². The van der Waals surface area contributed by atoms with Gasteiger partial charge in [-0.3, -0.25) is 9.59 Å². The van der Waals surface area contributed by atoms with E-state index in [9.17, 15) is 10.1 Å². The van der Waals surface area contributed by atoms with Gasteiger partial charge in [0.05, 0.1) is 45.2 Å². The van der Waals surface area contributed by atoms with Gasteiger partial charge in [0, 0.05) is 27.6 Å². The molecule has 0 aliphatic carbocycles. The maximum atomic E-state index is 15.2. The van der Waals surface area contributed by atoms with Crippen LogP contribution in [-0.4, -0.2) is 22.5 Å². The molecule has 7 aromatic carbocycles. The van der Waals surface area contributed by atoms with E-state index in [1.165, 1.54) is 10.5 Å². The highest BCUT2D eigenvalue weighted by atomic mass is 31.1. The summed E-state index contributed by atoms with van der Waals surface area (Å²) in [6, 6.07) is 53.7. The number of imide groups is 1. The summed E-state index contributed by atoms with van der Waals surface area (Å²) in [5, 5.41) is 11.7. The zero-order valence-electron chi connectivity index (χ0n) is 30.8. The van der Waals surface area contributed by atoms with Crippen LogP contribution in [0, 0.1) is 11.3 Å². The molecule has 6 heteroatoms. The van der Waals surface area contributed by atoms with Gasteiger partial charge in [-0.2, -0.15) is 5.26 Å². The fraction of sp³-hybridized carbons (Fsp3) is 0.100. The molecule has 0 saturated heterocycles. The molecule has 8 aromatic rings. The van der Waals surface area contributed by atoms with Crippen molar-refractivity contribution in [3.8, 4) is 45.1 Å². The number of aryl methyl sites for hydroxylation is 1. The summed E-state index contributed by atoms with van der Waals surface area (Å²) >= 11 is 0. The number of para-hydroxylation sites is 2. The van der Waals surface area contributed by atoms with Crippen molar-refractivity contribution in [2.45, 2.75) is 25.4 Å². The molecule has 3 aliphatic rings. The third kappa shape index (κ3) is 5.33. The fourth-order valence-electron chi connectivity index (χ4n) is 8.79. The molecule has 4 bridgehead atoms. The van der Waals surface area contributed by atoms with Gasteiger partial charge in [-0.1, -0.05) is 128 Å². The Labute approximate surface area is 327 Å². The number of anilines is 1. The van der Waals surface area contributed by atoms with Gasteiger partial charge in [0.1, 0.15) is 0 Å². The number of carbonyl (C=O) groups is 2. The Bertz CT molecular complexity index is 2920. The van der Waals surface area contributed by atoms with Crippen molar-refractivity contribution < 1.29 is 9.59 Å². The first-order chi connectivity index (χ1) is 27.5. The lowest BCUT2D eigenvalue weighted by Crippen LogP contribution is -2.30. The monoisotopic (exact) mass is 741 g/mol. The summed E-state index contributed by atoms with van der Waals surface area (Å²) < 4.78 is 2.21. The Kier molecular flexibility index (Phi) is 8.24. The number of amides is 2. The van der Waals surface area contributed by atoms with Crippen molar-refractivity contribution in [2.24, 2.45) is 0 Å². The molecule has 0 saturated carbocycles. The van der Waals surface area contributed by atoms with Crippen LogP contribution in [0.4, 0.5) is 5.69 Å². The molecule has 2 atom stereocenters. The second-order valence-corrected chi connectivity index (χ2v) is 16.2. The zero-order valence-corrected chi connectivity index (χ0v) is 31.8. The fourth-order valence-corrected chi connectivity index (χ4v) is 10.3. The first-order valence-corrected chi connectivity index (χ1v) is 20.4. The average molecular weight is 742 g/mol. The van der Waals surface area contributed by atoms with Gasteiger partial charge < -0.3 is 4.57 Å². The van der Waals surface area contributed by atoms with E-state index in [1.54, 1.807) is 6.07 Å². The van der Waals surface area contributed by atoms with Crippen LogP contribution in [0.3, 0.4) is 0 Å². The predicted octanol–water partition coefficient (Wildman–Crippen LogP) is 12.1. The summed E-state index contributed by atoms with van der Waals surface area (Å²) in [4.78, 5) is 31.4. The predicted molar refractivity (Wildman–Crippen MR) is 229 cm³/mol. The number of benzene rings is 7. The lowest BCUT2D eigenvalue weighted by molar-refractivity contribution is 0.0926. The number of hydrogen-bond donors (Lipinski definition) is 0. The third-order valence-corrected chi connectivity index (χ3v) is 13.3. The molecule has 56 heavy (non-hydrogen) atoms. The van der Waals surface area contributed by atoms with Gasteiger partial charge in [0.25, 0.3) is 11.8 Å². The van der Waals surface area contributed by atoms with Crippen LogP contribution < -0.4 is 4.90 Å². The Hall–Kier alpha value is -6.60. The van der Waals surface area contributed by atoms with E-state index in [1.807, 2.05) is 60.7 Å². The van der Waals surface area contributed by atoms with Gasteiger partial charge in [-0.25, -0.2) is 4.90 Å². The largest absolute Gasteiger partial charge is 0.307 e. The van der Waals surface area contributed by atoms with Crippen LogP contribution >= 0.6 is 8.58 Å². The SMILES string of the molecule is CCC1PCCc2ccc(-c3ccccc3)cc2N2C(=O)c3cccc(c3C2=O)-n2c3c(-c4ccc(C#N)cc4)cccc3c3cccc(c32)-c2ccc1cc2. The first-order valence-electron chi connectivity index (χ1n) is 19.1. The second kappa shape index (κ2) is 13.6. The number of aromatic nitrogens is 1. The van der Waals surface area contributed by atoms with Crippen molar-refractivity contribution in [3.05, 3.63) is 179 Å². The quantitative estimate of drug-likeness (QED) is 0.134. The van der Waals surface area contributed by atoms with E-state index in [2.05, 4.69) is 102 Å². The molecular weight excluding hydrogens is 706 g/mol. The topological polar surface area (TPSA) is 66.1 Å². The van der Waals surface area contributed by atoms with Gasteiger partial charge in [-0.15, -0.1) is 8.58 Å². The molecule has 0 fully saturated rings. The van der Waals surface area contributed by atoms with Crippen LogP contribution in [0.25, 0.3) is 60.9 Å². The molecule has 5 nitrogen and oxygen atoms in total. The Morgan fingerprint density at radius 3 is 1.91 bits per heavy atom. The lowest BCUT2D eigenvalue weighted by Gasteiger charge is -2.21. The van der Waals surface area contributed by atoms with Gasteiger partial charge in [0.15, 0.2) is 0 Å². The number of nitriles is 1. The van der Waals surface area contributed by atoms with Gasteiger partial charge in [-0.05, 0) is 82.7 Å². The Morgan fingerprint density at radius 2 is 1.25 bits per heavy atom. The smallest absolute Gasteiger partial charge is 0.268 e. The lowest BCUT2D eigenvalue weighted by atomic mass is 9.98. The minimum Gasteiger partial charge on any atom is -0.307 e. The van der Waals surface area contributed by atoms with E-state index in [4.69, 9.17) is 0 Å². The standard InChI is InChI=1S/C50H36N3O2P/c1-2-45-36-24-21-34(22-25-36)39-12-7-14-41-40-13-6-11-38(33-19-17-31(30-51)18-20-33)47(40)52(48(39)41)43-16-8-15-42-46(43)50(55)53(49(42)54)44-29-37(32-9-4-3-5-10-32)26-23-35(44)27-28-56-45/h3-26,29,45,56H,2,27-28H2,1H3. The molecule has 2 amide bonds. The molecule has 0 radical (unpaired) electrons. The van der Waals surface area contributed by atoms with E-state index >= 15 is 4.79 Å². The summed E-state index contributed by atoms with van der Waals surface area (Å²) in [5.41, 5.74) is 13.3. The molecule has 4 heterocycles. The molecule has 268 valence electrons. The third-order valence-electron chi connectivity index (χ3n) is 11.5. The molecule has 1 aromatic heterocycles. The molecule has 11 rings (SSSR count). The maximum Gasteiger partial charge on any atom is 0.268 e. The summed E-state index contributed by atoms with van der Waals surface area (Å²) in [5.74, 6) is -0.631. The van der Waals surface area contributed by atoms with E-state index in [-0.39, 0.29) is 11.8 Å². The van der Waals surface area contributed by atoms with Crippen LogP contribution in [0.15, 0.2) is 152 Å². The van der Waals surface area contributed by atoms with Crippen molar-refractivity contribution in [1.29, 1.82) is 5.26 Å². The van der Waals surface area contributed by atoms with Gasteiger partial charge in [0.2, 0.25) is 0 Å². The molecule has 0 spiro atoms. The number of rotatable bonds is 3. The van der Waals surface area contributed by atoms with E-state index in [0.717, 1.165) is 79.8 Å². The van der Waals surface area contributed by atoms with Crippen molar-refractivity contribution in [1.82, 2.24) is 4.57 Å². The van der Waals surface area contributed by atoms with Crippen molar-refractivity contribution >= 4 is 47.9 Å². The second-order valence-electron chi connectivity index (χ2n) is 14.6. The number of nitrogens with zero attached hydrogens (tertiary/aromatic N) is 3. The van der Waals surface area contributed by atoms with E-state index in [0.29, 0.717) is 42.3 Å². The van der Waals surface area contributed by atoms with Crippen LogP contribution in [0.1, 0.15) is 56.4 Å². The van der Waals surface area contributed by atoms with Gasteiger partial charge >= 0.3 is 0 Å². The molecule has 3 aliphatic heterocycles. The summed E-state index contributed by atoms with van der Waals surface area (Å²) in [6.45, 7) is 2.26. The Morgan fingerprint density at radius 1 is 0.625 bits per heavy atom. The summed E-state index contributed by atoms with van der Waals surface area (Å²) in [6.07, 6.45) is 2.72. The van der Waals surface area contributed by atoms with Crippen molar-refractivity contribution in [3.63, 3.8) is 0 Å². The highest BCUT2D eigenvalue weighted by molar-refractivity contribution is 7.38. The van der Waals surface area contributed by atoms with Crippen molar-refractivity contribution in [2.75, 3.05) is 11.1 Å². The average Bonchev–Trinajstić information content (AvgIpc) is 3.73. The first kappa shape index (κ1) is 33.9. The number of fused-ring (bicyclic) bond motifs is 7. The number of hydrogen-bond acceptors (Lipinski definition) is 3. The maximum absolute atomic E-state index is 15.2. The summed E-state index contributed by atoms with van der Waals surface area (Å²) in [7, 11) is 0.681. The highest BCUT2D eigenvalue weighted by Gasteiger charge is 2.40. The van der Waals surface area contributed by atoms with Crippen LogP contribution in [-0.2, 0) is 6.42 Å². The number of carbonyl (C=O) groups excluding carboxylic acids is 2. The molecule has 0 N–H and O–H groups in total. The molecular formula is C50H36N3O2P. The highest BCUT2D eigenvalue weighted by Crippen LogP contribution is 2.46.